The average Bonchev–Trinajstić information content (AvgIpc) is 3.05. The van der Waals surface area contributed by atoms with Crippen LogP contribution in [0, 0.1) is 5.82 Å². The van der Waals surface area contributed by atoms with E-state index in [0.717, 1.165) is 9.47 Å². The SMILES string of the molecule is CC(Sc1nnc(NC2CCCCC2)s1)C(=O)Nc1ccc(F)cc1Cl. The molecule has 1 aromatic carbocycles. The first-order valence-corrected chi connectivity index (χ1v) is 10.6. The zero-order valence-electron chi connectivity index (χ0n) is 14.3. The first-order valence-electron chi connectivity index (χ1n) is 8.54. The predicted molar refractivity (Wildman–Crippen MR) is 106 cm³/mol. The van der Waals surface area contributed by atoms with Gasteiger partial charge in [0.25, 0.3) is 0 Å². The molecule has 1 aliphatic rings. The van der Waals surface area contributed by atoms with Gasteiger partial charge in [-0.05, 0) is 38.0 Å². The van der Waals surface area contributed by atoms with E-state index in [1.807, 2.05) is 0 Å². The molecule has 0 aliphatic heterocycles. The molecule has 1 amide bonds. The van der Waals surface area contributed by atoms with E-state index in [1.54, 1.807) is 6.92 Å². The van der Waals surface area contributed by atoms with E-state index >= 15 is 0 Å². The molecule has 1 aromatic heterocycles. The molecule has 140 valence electrons. The molecule has 9 heteroatoms. The Morgan fingerprint density at radius 2 is 2.12 bits per heavy atom. The molecule has 1 fully saturated rings. The van der Waals surface area contributed by atoms with Crippen molar-refractivity contribution in [1.29, 1.82) is 0 Å². The number of hydrogen-bond donors (Lipinski definition) is 2. The average molecular weight is 415 g/mol. The fourth-order valence-corrected chi connectivity index (χ4v) is 4.95. The van der Waals surface area contributed by atoms with E-state index in [2.05, 4.69) is 20.8 Å². The third-order valence-electron chi connectivity index (χ3n) is 4.18. The van der Waals surface area contributed by atoms with Crippen molar-refractivity contribution in [3.05, 3.63) is 29.0 Å². The summed E-state index contributed by atoms with van der Waals surface area (Å²) >= 11 is 8.74. The number of carbonyl (C=O) groups excluding carboxylic acids is 1. The van der Waals surface area contributed by atoms with Gasteiger partial charge in [-0.3, -0.25) is 4.79 Å². The van der Waals surface area contributed by atoms with Gasteiger partial charge in [0, 0.05) is 6.04 Å². The van der Waals surface area contributed by atoms with Gasteiger partial charge in [-0.2, -0.15) is 0 Å². The zero-order valence-corrected chi connectivity index (χ0v) is 16.7. The Labute approximate surface area is 165 Å². The summed E-state index contributed by atoms with van der Waals surface area (Å²) in [5.41, 5.74) is 0.391. The van der Waals surface area contributed by atoms with E-state index in [9.17, 15) is 9.18 Å². The third kappa shape index (κ3) is 5.31. The Hall–Kier alpha value is -1.38. The fraction of sp³-hybridized carbons (Fsp3) is 0.471. The molecule has 2 aromatic rings. The van der Waals surface area contributed by atoms with E-state index < -0.39 is 5.82 Å². The van der Waals surface area contributed by atoms with Crippen molar-refractivity contribution in [1.82, 2.24) is 10.2 Å². The topological polar surface area (TPSA) is 66.9 Å². The highest BCUT2D eigenvalue weighted by Gasteiger charge is 2.20. The summed E-state index contributed by atoms with van der Waals surface area (Å²) in [4.78, 5) is 12.3. The Balaban J connectivity index is 1.53. The minimum atomic E-state index is -0.442. The minimum Gasteiger partial charge on any atom is -0.357 e. The lowest BCUT2D eigenvalue weighted by atomic mass is 9.96. The van der Waals surface area contributed by atoms with Gasteiger partial charge in [-0.15, -0.1) is 10.2 Å². The molecule has 0 bridgehead atoms. The van der Waals surface area contributed by atoms with Crippen LogP contribution in [0.3, 0.4) is 0 Å². The first kappa shape index (κ1) is 19.4. The molecule has 0 saturated heterocycles. The van der Waals surface area contributed by atoms with Crippen molar-refractivity contribution < 1.29 is 9.18 Å². The van der Waals surface area contributed by atoms with Crippen LogP contribution in [0.5, 0.6) is 0 Å². The molecule has 0 radical (unpaired) electrons. The van der Waals surface area contributed by atoms with Crippen LogP contribution in [0.2, 0.25) is 5.02 Å². The van der Waals surface area contributed by atoms with Crippen LogP contribution in [-0.2, 0) is 4.79 Å². The van der Waals surface area contributed by atoms with Crippen molar-refractivity contribution >= 4 is 51.4 Å². The molecule has 3 rings (SSSR count). The highest BCUT2D eigenvalue weighted by atomic mass is 35.5. The third-order valence-corrected chi connectivity index (χ3v) is 6.53. The minimum absolute atomic E-state index is 0.172. The Morgan fingerprint density at radius 1 is 1.35 bits per heavy atom. The lowest BCUT2D eigenvalue weighted by molar-refractivity contribution is -0.115. The summed E-state index contributed by atoms with van der Waals surface area (Å²) in [6.07, 6.45) is 6.14. The lowest BCUT2D eigenvalue weighted by Crippen LogP contribution is -2.22. The second kappa shape index (κ2) is 9.01. The number of nitrogens with zero attached hydrogens (tertiary/aromatic N) is 2. The summed E-state index contributed by atoms with van der Waals surface area (Å²) < 4.78 is 13.8. The van der Waals surface area contributed by atoms with Crippen LogP contribution < -0.4 is 10.6 Å². The summed E-state index contributed by atoms with van der Waals surface area (Å²) in [6.45, 7) is 1.78. The number of nitrogens with one attached hydrogen (secondary N) is 2. The van der Waals surface area contributed by atoms with Crippen LogP contribution in [0.15, 0.2) is 22.5 Å². The largest absolute Gasteiger partial charge is 0.357 e. The fourth-order valence-electron chi connectivity index (χ4n) is 2.77. The van der Waals surface area contributed by atoms with Crippen molar-refractivity contribution in [3.8, 4) is 0 Å². The second-order valence-electron chi connectivity index (χ2n) is 6.23. The summed E-state index contributed by atoms with van der Waals surface area (Å²) in [5.74, 6) is -0.664. The Morgan fingerprint density at radius 3 is 2.85 bits per heavy atom. The number of carbonyl (C=O) groups is 1. The number of benzene rings is 1. The number of thioether (sulfide) groups is 1. The molecule has 0 spiro atoms. The maximum atomic E-state index is 13.1. The van der Waals surface area contributed by atoms with Gasteiger partial charge in [0.15, 0.2) is 4.34 Å². The smallest absolute Gasteiger partial charge is 0.237 e. The molecule has 1 aliphatic carbocycles. The van der Waals surface area contributed by atoms with Crippen LogP contribution in [-0.4, -0.2) is 27.4 Å². The quantitative estimate of drug-likeness (QED) is 0.636. The summed E-state index contributed by atoms with van der Waals surface area (Å²) in [6, 6.07) is 4.34. The predicted octanol–water partition coefficient (Wildman–Crippen LogP) is 5.19. The van der Waals surface area contributed by atoms with Gasteiger partial charge in [0.2, 0.25) is 11.0 Å². The molecular weight excluding hydrogens is 395 g/mol. The second-order valence-corrected chi connectivity index (χ2v) is 9.20. The van der Waals surface area contributed by atoms with E-state index in [4.69, 9.17) is 11.6 Å². The highest BCUT2D eigenvalue weighted by Crippen LogP contribution is 2.31. The van der Waals surface area contributed by atoms with Crippen LogP contribution in [0.1, 0.15) is 39.0 Å². The van der Waals surface area contributed by atoms with E-state index in [1.165, 1.54) is 73.4 Å². The van der Waals surface area contributed by atoms with Gasteiger partial charge < -0.3 is 10.6 Å². The molecule has 1 unspecified atom stereocenters. The van der Waals surface area contributed by atoms with Gasteiger partial charge in [0.05, 0.1) is 16.0 Å². The molecule has 1 heterocycles. The summed E-state index contributed by atoms with van der Waals surface area (Å²) in [5, 5.41) is 15.1. The van der Waals surface area contributed by atoms with Gasteiger partial charge >= 0.3 is 0 Å². The van der Waals surface area contributed by atoms with Crippen molar-refractivity contribution in [2.24, 2.45) is 0 Å². The molecule has 26 heavy (non-hydrogen) atoms. The van der Waals surface area contributed by atoms with Gasteiger partial charge in [0.1, 0.15) is 5.82 Å². The molecule has 1 saturated carbocycles. The number of aromatic nitrogens is 2. The molecule has 2 N–H and O–H groups in total. The highest BCUT2D eigenvalue weighted by molar-refractivity contribution is 8.02. The molecule has 5 nitrogen and oxygen atoms in total. The Kier molecular flexibility index (Phi) is 6.72. The number of halogens is 2. The number of hydrogen-bond acceptors (Lipinski definition) is 6. The van der Waals surface area contributed by atoms with Crippen LogP contribution in [0.4, 0.5) is 15.2 Å². The normalized spacial score (nSPS) is 16.3. The standard InChI is InChI=1S/C17H20ClFN4OS2/c1-10(15(24)21-14-8-7-11(19)9-13(14)18)25-17-23-22-16(26-17)20-12-5-3-2-4-6-12/h7-10,12H,2-6H2,1H3,(H,20,22)(H,21,24). The van der Waals surface area contributed by atoms with E-state index in [-0.39, 0.29) is 16.2 Å². The van der Waals surface area contributed by atoms with Gasteiger partial charge in [-0.1, -0.05) is 54.0 Å². The Bertz CT molecular complexity index is 767. The number of amides is 1. The lowest BCUT2D eigenvalue weighted by Gasteiger charge is -2.21. The zero-order chi connectivity index (χ0) is 18.5. The van der Waals surface area contributed by atoms with Gasteiger partial charge in [-0.25, -0.2) is 4.39 Å². The number of anilines is 2. The first-order chi connectivity index (χ1) is 12.5. The van der Waals surface area contributed by atoms with E-state index in [0.29, 0.717) is 11.7 Å². The summed E-state index contributed by atoms with van der Waals surface area (Å²) in [7, 11) is 0. The number of rotatable bonds is 6. The maximum Gasteiger partial charge on any atom is 0.237 e. The maximum absolute atomic E-state index is 13.1. The molecular formula is C17H20ClFN4OS2. The van der Waals surface area contributed by atoms with Crippen LogP contribution in [0.25, 0.3) is 0 Å². The van der Waals surface area contributed by atoms with Crippen molar-refractivity contribution in [2.45, 2.75) is 54.7 Å². The van der Waals surface area contributed by atoms with Crippen LogP contribution >= 0.6 is 34.7 Å². The van der Waals surface area contributed by atoms with Crippen molar-refractivity contribution in [3.63, 3.8) is 0 Å². The van der Waals surface area contributed by atoms with Crippen molar-refractivity contribution in [2.75, 3.05) is 10.6 Å². The monoisotopic (exact) mass is 414 g/mol. The molecule has 1 atom stereocenters.